The van der Waals surface area contributed by atoms with Crippen LogP contribution in [0.15, 0.2) is 59.5 Å². The highest BCUT2D eigenvalue weighted by Gasteiger charge is 2.28. The molecular formula is C19H23NO3S. The summed E-state index contributed by atoms with van der Waals surface area (Å²) in [6, 6.07) is 16.6. The van der Waals surface area contributed by atoms with Gasteiger partial charge >= 0.3 is 0 Å². The fourth-order valence-electron chi connectivity index (χ4n) is 2.96. The zero-order chi connectivity index (χ0) is 17.0. The molecule has 128 valence electrons. The Morgan fingerprint density at radius 1 is 1.08 bits per heavy atom. The van der Waals surface area contributed by atoms with Gasteiger partial charge in [-0.25, -0.2) is 8.42 Å². The second kappa shape index (κ2) is 7.36. The Bertz CT molecular complexity index is 757. The van der Waals surface area contributed by atoms with Crippen LogP contribution in [0, 0.1) is 5.92 Å². The summed E-state index contributed by atoms with van der Waals surface area (Å²) in [6.45, 7) is 3.78. The van der Waals surface area contributed by atoms with E-state index in [1.54, 1.807) is 28.6 Å². The van der Waals surface area contributed by atoms with E-state index in [1.807, 2.05) is 30.3 Å². The van der Waals surface area contributed by atoms with Crippen LogP contribution in [0.4, 0.5) is 0 Å². The first-order valence-corrected chi connectivity index (χ1v) is 9.76. The number of piperidine rings is 1. The van der Waals surface area contributed by atoms with Gasteiger partial charge in [-0.2, -0.15) is 4.31 Å². The molecule has 0 amide bonds. The lowest BCUT2D eigenvalue weighted by Gasteiger charge is -2.30. The number of hydrogen-bond acceptors (Lipinski definition) is 3. The quantitative estimate of drug-likeness (QED) is 0.830. The van der Waals surface area contributed by atoms with Crippen LogP contribution in [0.5, 0.6) is 5.75 Å². The smallest absolute Gasteiger partial charge is 0.243 e. The maximum Gasteiger partial charge on any atom is 0.243 e. The minimum absolute atomic E-state index is 0.337. The normalized spacial score (nSPS) is 19.1. The third kappa shape index (κ3) is 3.97. The average molecular weight is 345 g/mol. The lowest BCUT2D eigenvalue weighted by atomic mass is 10.0. The van der Waals surface area contributed by atoms with Crippen LogP contribution >= 0.6 is 0 Å². The van der Waals surface area contributed by atoms with Crippen LogP contribution < -0.4 is 4.74 Å². The number of ether oxygens (including phenoxy) is 1. The predicted octanol–water partition coefficient (Wildman–Crippen LogP) is 3.69. The summed E-state index contributed by atoms with van der Waals surface area (Å²) in [5.41, 5.74) is 1.08. The topological polar surface area (TPSA) is 46.6 Å². The highest BCUT2D eigenvalue weighted by Crippen LogP contribution is 2.25. The second-order valence-corrected chi connectivity index (χ2v) is 8.29. The maximum atomic E-state index is 12.7. The molecule has 1 unspecified atom stereocenters. The molecule has 1 aliphatic rings. The van der Waals surface area contributed by atoms with Gasteiger partial charge in [0.25, 0.3) is 0 Å². The first-order chi connectivity index (χ1) is 11.6. The van der Waals surface area contributed by atoms with Crippen LogP contribution in [0.25, 0.3) is 0 Å². The van der Waals surface area contributed by atoms with E-state index in [0.717, 1.165) is 18.4 Å². The minimum Gasteiger partial charge on any atom is -0.489 e. The lowest BCUT2D eigenvalue weighted by molar-refractivity contribution is 0.281. The Morgan fingerprint density at radius 2 is 1.79 bits per heavy atom. The Balaban J connectivity index is 1.67. The van der Waals surface area contributed by atoms with E-state index in [1.165, 1.54) is 0 Å². The van der Waals surface area contributed by atoms with Crippen molar-refractivity contribution in [3.8, 4) is 5.75 Å². The molecular weight excluding hydrogens is 322 g/mol. The molecule has 24 heavy (non-hydrogen) atoms. The Morgan fingerprint density at radius 3 is 2.46 bits per heavy atom. The van der Waals surface area contributed by atoms with Crippen molar-refractivity contribution in [1.82, 2.24) is 4.31 Å². The summed E-state index contributed by atoms with van der Waals surface area (Å²) in [5.74, 6) is 1.09. The third-order valence-corrected chi connectivity index (χ3v) is 6.21. The van der Waals surface area contributed by atoms with Gasteiger partial charge in [-0.1, -0.05) is 37.3 Å². The van der Waals surface area contributed by atoms with Crippen LogP contribution in [-0.2, 0) is 16.6 Å². The van der Waals surface area contributed by atoms with E-state index in [2.05, 4.69) is 6.92 Å². The molecule has 0 saturated carbocycles. The Labute approximate surface area is 144 Å². The molecule has 0 radical (unpaired) electrons. The van der Waals surface area contributed by atoms with Gasteiger partial charge in [0.15, 0.2) is 0 Å². The molecule has 2 aromatic rings. The summed E-state index contributed by atoms with van der Waals surface area (Å²) in [4.78, 5) is 0.337. The van der Waals surface area contributed by atoms with E-state index in [0.29, 0.717) is 36.3 Å². The number of nitrogens with zero attached hydrogens (tertiary/aromatic N) is 1. The van der Waals surface area contributed by atoms with E-state index >= 15 is 0 Å². The fourth-order valence-corrected chi connectivity index (χ4v) is 4.56. The van der Waals surface area contributed by atoms with E-state index in [4.69, 9.17) is 4.74 Å². The van der Waals surface area contributed by atoms with Gasteiger partial charge in [0.05, 0.1) is 4.90 Å². The van der Waals surface area contributed by atoms with Gasteiger partial charge in [-0.3, -0.25) is 0 Å². The summed E-state index contributed by atoms with van der Waals surface area (Å²) in [6.07, 6.45) is 2.02. The van der Waals surface area contributed by atoms with E-state index in [-0.39, 0.29) is 0 Å². The van der Waals surface area contributed by atoms with E-state index in [9.17, 15) is 8.42 Å². The molecule has 1 heterocycles. The number of rotatable bonds is 5. The monoisotopic (exact) mass is 345 g/mol. The Hall–Kier alpha value is -1.85. The van der Waals surface area contributed by atoms with Crippen LogP contribution in [0.1, 0.15) is 25.3 Å². The van der Waals surface area contributed by atoms with Gasteiger partial charge in [-0.15, -0.1) is 0 Å². The van der Waals surface area contributed by atoms with Gasteiger partial charge in [0.2, 0.25) is 10.0 Å². The molecule has 0 bridgehead atoms. The van der Waals surface area contributed by atoms with Crippen molar-refractivity contribution in [2.24, 2.45) is 5.92 Å². The average Bonchev–Trinajstić information content (AvgIpc) is 2.61. The zero-order valence-electron chi connectivity index (χ0n) is 13.9. The van der Waals surface area contributed by atoms with Gasteiger partial charge in [-0.05, 0) is 48.6 Å². The van der Waals surface area contributed by atoms with Crippen LogP contribution in [-0.4, -0.2) is 25.8 Å². The summed E-state index contributed by atoms with van der Waals surface area (Å²) in [5, 5.41) is 0. The highest BCUT2D eigenvalue weighted by molar-refractivity contribution is 7.89. The molecule has 0 aromatic heterocycles. The SMILES string of the molecule is CC1CCCN(S(=O)(=O)c2ccc(OCc3ccccc3)cc2)C1. The lowest BCUT2D eigenvalue weighted by Crippen LogP contribution is -2.39. The van der Waals surface area contributed by atoms with Crippen molar-refractivity contribution in [2.45, 2.75) is 31.3 Å². The summed E-state index contributed by atoms with van der Waals surface area (Å²) < 4.78 is 32.7. The van der Waals surface area contributed by atoms with Crippen molar-refractivity contribution < 1.29 is 13.2 Å². The van der Waals surface area contributed by atoms with Crippen LogP contribution in [0.3, 0.4) is 0 Å². The van der Waals surface area contributed by atoms with Gasteiger partial charge in [0.1, 0.15) is 12.4 Å². The molecule has 1 saturated heterocycles. The molecule has 4 nitrogen and oxygen atoms in total. The first kappa shape index (κ1) is 17.0. The third-order valence-electron chi connectivity index (χ3n) is 4.33. The molecule has 5 heteroatoms. The zero-order valence-corrected chi connectivity index (χ0v) is 14.7. The maximum absolute atomic E-state index is 12.7. The van der Waals surface area contributed by atoms with Crippen molar-refractivity contribution in [1.29, 1.82) is 0 Å². The molecule has 0 spiro atoms. The van der Waals surface area contributed by atoms with Crippen molar-refractivity contribution in [3.05, 3.63) is 60.2 Å². The molecule has 1 aliphatic heterocycles. The standard InChI is InChI=1S/C19H23NO3S/c1-16-6-5-13-20(14-16)24(21,22)19-11-9-18(10-12-19)23-15-17-7-3-2-4-8-17/h2-4,7-12,16H,5-6,13-15H2,1H3. The first-order valence-electron chi connectivity index (χ1n) is 8.32. The van der Waals surface area contributed by atoms with Gasteiger partial charge < -0.3 is 4.74 Å². The summed E-state index contributed by atoms with van der Waals surface area (Å²) >= 11 is 0. The molecule has 3 rings (SSSR count). The molecule has 0 aliphatic carbocycles. The van der Waals surface area contributed by atoms with Crippen molar-refractivity contribution in [2.75, 3.05) is 13.1 Å². The second-order valence-electron chi connectivity index (χ2n) is 6.36. The number of hydrogen-bond donors (Lipinski definition) is 0. The molecule has 1 atom stereocenters. The fraction of sp³-hybridized carbons (Fsp3) is 0.368. The summed E-state index contributed by atoms with van der Waals surface area (Å²) in [7, 11) is -3.40. The van der Waals surface area contributed by atoms with E-state index < -0.39 is 10.0 Å². The molecule has 2 aromatic carbocycles. The highest BCUT2D eigenvalue weighted by atomic mass is 32.2. The number of sulfonamides is 1. The predicted molar refractivity (Wildman–Crippen MR) is 94.4 cm³/mol. The van der Waals surface area contributed by atoms with Crippen molar-refractivity contribution >= 4 is 10.0 Å². The number of benzene rings is 2. The van der Waals surface area contributed by atoms with Gasteiger partial charge in [0, 0.05) is 13.1 Å². The van der Waals surface area contributed by atoms with Crippen LogP contribution in [0.2, 0.25) is 0 Å². The molecule has 0 N–H and O–H groups in total. The Kier molecular flexibility index (Phi) is 5.21. The van der Waals surface area contributed by atoms with Crippen molar-refractivity contribution in [3.63, 3.8) is 0 Å². The minimum atomic E-state index is -3.40. The largest absolute Gasteiger partial charge is 0.489 e. The molecule has 1 fully saturated rings.